The third-order valence-corrected chi connectivity index (χ3v) is 4.59. The third kappa shape index (κ3) is 3.49. The Kier molecular flexibility index (Phi) is 4.10. The first-order valence-electron chi connectivity index (χ1n) is 6.24. The highest BCUT2D eigenvalue weighted by Gasteiger charge is 2.21. The summed E-state index contributed by atoms with van der Waals surface area (Å²) in [4.78, 5) is 8.43. The van der Waals surface area contributed by atoms with Gasteiger partial charge in [-0.1, -0.05) is 25.1 Å². The Morgan fingerprint density at radius 2 is 1.76 bits per heavy atom. The van der Waals surface area contributed by atoms with Crippen molar-refractivity contribution < 1.29 is 0 Å². The fraction of sp³-hybridized carbons (Fsp3) is 0.667. The van der Waals surface area contributed by atoms with E-state index in [4.69, 9.17) is 11.5 Å². The number of thioether (sulfide) groups is 1. The second-order valence-corrected chi connectivity index (χ2v) is 5.94. The van der Waals surface area contributed by atoms with E-state index in [-0.39, 0.29) is 0 Å². The second kappa shape index (κ2) is 5.58. The second-order valence-electron chi connectivity index (χ2n) is 4.67. The van der Waals surface area contributed by atoms with Gasteiger partial charge in [-0.2, -0.15) is 0 Å². The van der Waals surface area contributed by atoms with Crippen molar-refractivity contribution in [1.29, 1.82) is 0 Å². The van der Waals surface area contributed by atoms with E-state index in [0.29, 0.717) is 16.9 Å². The van der Waals surface area contributed by atoms with E-state index in [2.05, 4.69) is 16.9 Å². The van der Waals surface area contributed by atoms with Gasteiger partial charge in [0.1, 0.15) is 11.6 Å². The van der Waals surface area contributed by atoms with Crippen LogP contribution in [0.5, 0.6) is 0 Å². The van der Waals surface area contributed by atoms with E-state index in [0.717, 1.165) is 11.1 Å². The first kappa shape index (κ1) is 12.5. The quantitative estimate of drug-likeness (QED) is 0.809. The maximum absolute atomic E-state index is 5.66. The molecule has 4 N–H and O–H groups in total. The van der Waals surface area contributed by atoms with Crippen LogP contribution in [0.15, 0.2) is 11.2 Å². The Morgan fingerprint density at radius 3 is 2.29 bits per heavy atom. The van der Waals surface area contributed by atoms with Gasteiger partial charge in [0.15, 0.2) is 5.16 Å². The van der Waals surface area contributed by atoms with E-state index < -0.39 is 0 Å². The van der Waals surface area contributed by atoms with Crippen LogP contribution in [-0.2, 0) is 0 Å². The smallest absolute Gasteiger partial charge is 0.191 e. The molecule has 0 aromatic carbocycles. The summed E-state index contributed by atoms with van der Waals surface area (Å²) in [5, 5.41) is 1.35. The van der Waals surface area contributed by atoms with Crippen LogP contribution in [-0.4, -0.2) is 15.2 Å². The first-order chi connectivity index (χ1) is 8.17. The third-order valence-electron chi connectivity index (χ3n) is 3.39. The molecule has 0 radical (unpaired) electrons. The highest BCUT2D eigenvalue weighted by Crippen LogP contribution is 2.35. The minimum Gasteiger partial charge on any atom is -0.383 e. The summed E-state index contributed by atoms with van der Waals surface area (Å²) in [5.41, 5.74) is 11.3. The topological polar surface area (TPSA) is 77.8 Å². The largest absolute Gasteiger partial charge is 0.383 e. The molecule has 0 aliphatic heterocycles. The number of rotatable bonds is 3. The Hall–Kier alpha value is -0.970. The van der Waals surface area contributed by atoms with E-state index in [1.807, 2.05) is 0 Å². The molecular weight excluding hydrogens is 232 g/mol. The molecular formula is C12H20N4S. The SMILES string of the molecule is CCC1CCC(Sc2nc(N)cc(N)n2)CC1. The summed E-state index contributed by atoms with van der Waals surface area (Å²) in [7, 11) is 0. The molecule has 1 aliphatic carbocycles. The monoisotopic (exact) mass is 252 g/mol. The van der Waals surface area contributed by atoms with Gasteiger partial charge in [-0.25, -0.2) is 9.97 Å². The van der Waals surface area contributed by atoms with Gasteiger partial charge in [0.05, 0.1) is 0 Å². The summed E-state index contributed by atoms with van der Waals surface area (Å²) in [5.74, 6) is 1.84. The van der Waals surface area contributed by atoms with E-state index in [9.17, 15) is 0 Å². The fourth-order valence-electron chi connectivity index (χ4n) is 2.32. The molecule has 1 aliphatic rings. The number of hydrogen-bond donors (Lipinski definition) is 2. The molecule has 0 atom stereocenters. The molecule has 1 aromatic heterocycles. The zero-order valence-corrected chi connectivity index (χ0v) is 11.0. The van der Waals surface area contributed by atoms with Crippen LogP contribution < -0.4 is 11.5 Å². The van der Waals surface area contributed by atoms with Crippen molar-refractivity contribution in [2.45, 2.75) is 49.4 Å². The molecule has 4 nitrogen and oxygen atoms in total. The molecule has 1 heterocycles. The predicted octanol–water partition coefficient (Wildman–Crippen LogP) is 2.70. The van der Waals surface area contributed by atoms with Gasteiger partial charge in [0.2, 0.25) is 0 Å². The summed E-state index contributed by atoms with van der Waals surface area (Å²) in [6.45, 7) is 2.28. The summed E-state index contributed by atoms with van der Waals surface area (Å²) < 4.78 is 0. The fourth-order valence-corrected chi connectivity index (χ4v) is 3.44. The van der Waals surface area contributed by atoms with Crippen LogP contribution in [0.4, 0.5) is 11.6 Å². The molecule has 0 unspecified atom stereocenters. The molecule has 94 valence electrons. The molecule has 0 spiro atoms. The Morgan fingerprint density at radius 1 is 1.18 bits per heavy atom. The summed E-state index contributed by atoms with van der Waals surface area (Å²) in [6.07, 6.45) is 6.46. The minimum absolute atomic E-state index is 0.460. The number of nitrogens with zero attached hydrogens (tertiary/aromatic N) is 2. The molecule has 1 aromatic rings. The molecule has 2 rings (SSSR count). The van der Waals surface area contributed by atoms with E-state index >= 15 is 0 Å². The Balaban J connectivity index is 1.93. The van der Waals surface area contributed by atoms with Crippen molar-refractivity contribution in [3.05, 3.63) is 6.07 Å². The minimum atomic E-state index is 0.460. The zero-order valence-electron chi connectivity index (χ0n) is 10.2. The van der Waals surface area contributed by atoms with Crippen LogP contribution in [0.3, 0.4) is 0 Å². The van der Waals surface area contributed by atoms with Crippen molar-refractivity contribution in [1.82, 2.24) is 9.97 Å². The van der Waals surface area contributed by atoms with Gasteiger partial charge in [-0.05, 0) is 31.6 Å². The van der Waals surface area contributed by atoms with Gasteiger partial charge in [-0.3, -0.25) is 0 Å². The van der Waals surface area contributed by atoms with Gasteiger partial charge >= 0.3 is 0 Å². The zero-order chi connectivity index (χ0) is 12.3. The van der Waals surface area contributed by atoms with Gasteiger partial charge < -0.3 is 11.5 Å². The molecule has 1 fully saturated rings. The van der Waals surface area contributed by atoms with Crippen molar-refractivity contribution in [2.24, 2.45) is 5.92 Å². The lowest BCUT2D eigenvalue weighted by atomic mass is 9.87. The van der Waals surface area contributed by atoms with E-state index in [1.165, 1.54) is 32.1 Å². The lowest BCUT2D eigenvalue weighted by Gasteiger charge is -2.26. The summed E-state index contributed by atoms with van der Waals surface area (Å²) in [6, 6.07) is 1.60. The molecule has 0 amide bonds. The number of nitrogens with two attached hydrogens (primary N) is 2. The van der Waals surface area contributed by atoms with Crippen molar-refractivity contribution >= 4 is 23.4 Å². The molecule has 0 saturated heterocycles. The number of nitrogen functional groups attached to an aromatic ring is 2. The van der Waals surface area contributed by atoms with Gasteiger partial charge in [0, 0.05) is 11.3 Å². The maximum atomic E-state index is 5.66. The summed E-state index contributed by atoms with van der Waals surface area (Å²) >= 11 is 1.72. The highest BCUT2D eigenvalue weighted by molar-refractivity contribution is 7.99. The number of anilines is 2. The normalized spacial score (nSPS) is 24.8. The van der Waals surface area contributed by atoms with Crippen LogP contribution in [0.1, 0.15) is 39.0 Å². The lowest BCUT2D eigenvalue weighted by Crippen LogP contribution is -2.16. The average Bonchev–Trinajstić information content (AvgIpc) is 2.28. The molecule has 0 bridgehead atoms. The van der Waals surface area contributed by atoms with Crippen LogP contribution in [0.2, 0.25) is 0 Å². The number of aromatic nitrogens is 2. The Bertz CT molecular complexity index is 355. The molecule has 17 heavy (non-hydrogen) atoms. The van der Waals surface area contributed by atoms with Crippen molar-refractivity contribution in [2.75, 3.05) is 11.5 Å². The van der Waals surface area contributed by atoms with Crippen molar-refractivity contribution in [3.8, 4) is 0 Å². The molecule has 1 saturated carbocycles. The lowest BCUT2D eigenvalue weighted by molar-refractivity contribution is 0.356. The highest BCUT2D eigenvalue weighted by atomic mass is 32.2. The first-order valence-corrected chi connectivity index (χ1v) is 7.12. The van der Waals surface area contributed by atoms with Gasteiger partial charge in [-0.15, -0.1) is 0 Å². The van der Waals surface area contributed by atoms with Crippen LogP contribution in [0, 0.1) is 5.92 Å². The van der Waals surface area contributed by atoms with Crippen LogP contribution >= 0.6 is 11.8 Å². The standard InChI is InChI=1S/C12H20N4S/c1-2-8-3-5-9(6-4-8)17-12-15-10(13)7-11(14)16-12/h7-9H,2-6H2,1H3,(H4,13,14,15,16). The average molecular weight is 252 g/mol. The Labute approximate surface area is 107 Å². The molecule has 5 heteroatoms. The van der Waals surface area contributed by atoms with Crippen LogP contribution in [0.25, 0.3) is 0 Å². The van der Waals surface area contributed by atoms with E-state index in [1.54, 1.807) is 17.8 Å². The van der Waals surface area contributed by atoms with Crippen molar-refractivity contribution in [3.63, 3.8) is 0 Å². The maximum Gasteiger partial charge on any atom is 0.191 e. The number of hydrogen-bond acceptors (Lipinski definition) is 5. The van der Waals surface area contributed by atoms with Gasteiger partial charge in [0.25, 0.3) is 0 Å². The predicted molar refractivity (Wildman–Crippen MR) is 72.8 cm³/mol.